The van der Waals surface area contributed by atoms with E-state index < -0.39 is 86.2 Å². The summed E-state index contributed by atoms with van der Waals surface area (Å²) in [7, 11) is -3.91. The molecule has 5 atom stereocenters. The van der Waals surface area contributed by atoms with Crippen LogP contribution in [0.3, 0.4) is 0 Å². The van der Waals surface area contributed by atoms with Crippen molar-refractivity contribution < 1.29 is 46.7 Å². The van der Waals surface area contributed by atoms with Crippen LogP contribution in [0, 0.1) is 22.7 Å². The number of hydrogen-bond donors (Lipinski definition) is 1. The zero-order valence-corrected chi connectivity index (χ0v) is 33.5. The minimum Gasteiger partial charge on any atom is -0.465 e. The van der Waals surface area contributed by atoms with Crippen LogP contribution >= 0.6 is 0 Å². The molecule has 0 spiro atoms. The van der Waals surface area contributed by atoms with Gasteiger partial charge in [-0.2, -0.15) is 0 Å². The average Bonchev–Trinajstić information content (AvgIpc) is 4.02. The molecule has 2 aliphatic carbocycles. The maximum atomic E-state index is 14.6. The Morgan fingerprint density at radius 1 is 1.09 bits per heavy atom. The lowest BCUT2D eigenvalue weighted by atomic mass is 9.88. The van der Waals surface area contributed by atoms with Crippen LogP contribution in [0.25, 0.3) is 6.08 Å². The van der Waals surface area contributed by atoms with Gasteiger partial charge in [-0.25, -0.2) is 13.2 Å². The molecule has 3 heterocycles. The number of carbonyl (C=O) groups excluding carboxylic acids is 6. The van der Waals surface area contributed by atoms with E-state index in [9.17, 15) is 37.2 Å². The quantitative estimate of drug-likeness (QED) is 0.189. The van der Waals surface area contributed by atoms with Gasteiger partial charge in [-0.3, -0.25) is 33.6 Å². The van der Waals surface area contributed by atoms with E-state index in [2.05, 4.69) is 17.4 Å². The number of nitrogens with one attached hydrogen (secondary N) is 1. The first-order chi connectivity index (χ1) is 26.4. The number of sulfonamides is 1. The van der Waals surface area contributed by atoms with Gasteiger partial charge in [0.2, 0.25) is 21.8 Å². The summed E-state index contributed by atoms with van der Waals surface area (Å²) >= 11 is 0. The van der Waals surface area contributed by atoms with Gasteiger partial charge in [0.1, 0.15) is 6.10 Å². The van der Waals surface area contributed by atoms with Crippen LogP contribution in [-0.4, -0.2) is 84.2 Å². The predicted molar refractivity (Wildman–Crippen MR) is 207 cm³/mol. The van der Waals surface area contributed by atoms with Gasteiger partial charge in [0, 0.05) is 25.8 Å². The Labute approximate surface area is 328 Å². The number of ether oxygens (including phenoxy) is 2. The van der Waals surface area contributed by atoms with Crippen LogP contribution < -0.4 is 4.72 Å². The van der Waals surface area contributed by atoms with Crippen molar-refractivity contribution in [3.63, 3.8) is 0 Å². The molecule has 2 saturated carbocycles. The molecule has 3 amide bonds. The summed E-state index contributed by atoms with van der Waals surface area (Å²) in [6, 6.07) is 4.70. The normalized spacial score (nSPS) is 28.4. The number of ketones is 2. The lowest BCUT2D eigenvalue weighted by Gasteiger charge is -2.29. The molecule has 1 saturated heterocycles. The third-order valence-electron chi connectivity index (χ3n) is 11.6. The zero-order valence-electron chi connectivity index (χ0n) is 32.7. The largest absolute Gasteiger partial charge is 0.465 e. The molecule has 1 aromatic carbocycles. The van der Waals surface area contributed by atoms with Crippen molar-refractivity contribution in [1.29, 1.82) is 0 Å². The van der Waals surface area contributed by atoms with Crippen molar-refractivity contribution in [2.45, 2.75) is 116 Å². The van der Waals surface area contributed by atoms with Crippen LogP contribution in [0.4, 0.5) is 4.79 Å². The number of carbonyl (C=O) groups is 6. The Morgan fingerprint density at radius 2 is 1.84 bits per heavy atom. The maximum absolute atomic E-state index is 14.6. The summed E-state index contributed by atoms with van der Waals surface area (Å²) in [6.07, 6.45) is 6.73. The zero-order chi connectivity index (χ0) is 40.6. The molecule has 0 radical (unpaired) electrons. The van der Waals surface area contributed by atoms with E-state index in [1.807, 2.05) is 38.1 Å². The van der Waals surface area contributed by atoms with Crippen molar-refractivity contribution >= 4 is 51.5 Å². The fourth-order valence-corrected chi connectivity index (χ4v) is 9.47. The van der Waals surface area contributed by atoms with Gasteiger partial charge in [-0.1, -0.05) is 55.8 Å². The monoisotopic (exact) mass is 791 g/mol. The molecule has 13 nitrogen and oxygen atoms in total. The molecule has 0 unspecified atom stereocenters. The van der Waals surface area contributed by atoms with E-state index in [-0.39, 0.29) is 44.6 Å². The first kappa shape index (κ1) is 41.1. The average molecular weight is 792 g/mol. The highest BCUT2D eigenvalue weighted by Crippen LogP contribution is 2.57. The first-order valence-corrected chi connectivity index (χ1v) is 21.0. The highest BCUT2D eigenvalue weighted by Gasteiger charge is 2.61. The molecule has 6 rings (SSSR count). The Bertz CT molecular complexity index is 1980. The fourth-order valence-electron chi connectivity index (χ4n) is 8.09. The van der Waals surface area contributed by atoms with Gasteiger partial charge in [0.15, 0.2) is 11.6 Å². The number of nitrogens with zero attached hydrogens (tertiary/aromatic N) is 2. The van der Waals surface area contributed by atoms with Crippen LogP contribution in [0.15, 0.2) is 48.6 Å². The van der Waals surface area contributed by atoms with E-state index in [0.29, 0.717) is 44.3 Å². The van der Waals surface area contributed by atoms with Crippen LogP contribution in [0.5, 0.6) is 0 Å². The molecule has 3 fully saturated rings. The highest BCUT2D eigenvalue weighted by molar-refractivity contribution is 7.90. The predicted octanol–water partition coefficient (Wildman–Crippen LogP) is 5.18. The number of benzene rings is 1. The minimum absolute atomic E-state index is 0.0881. The molecular weight excluding hydrogens is 739 g/mol. The summed E-state index contributed by atoms with van der Waals surface area (Å²) in [5, 5.41) is -0.652. The number of cyclic esters (lactones) is 1. The number of hydrogen-bond acceptors (Lipinski definition) is 10. The van der Waals surface area contributed by atoms with Crippen molar-refractivity contribution in [3.05, 3.63) is 65.3 Å². The molecular formula is C42H53N3O10S. The Hall–Kier alpha value is -4.59. The summed E-state index contributed by atoms with van der Waals surface area (Å²) in [4.78, 5) is 85.5. The summed E-state index contributed by atoms with van der Waals surface area (Å²) in [5.74, 6) is -4.68. The van der Waals surface area contributed by atoms with Crippen molar-refractivity contribution in [2.24, 2.45) is 22.7 Å². The number of fused-ring (bicyclic) bond motifs is 3. The van der Waals surface area contributed by atoms with Gasteiger partial charge < -0.3 is 14.4 Å². The van der Waals surface area contributed by atoms with E-state index in [1.54, 1.807) is 18.7 Å². The second-order valence-electron chi connectivity index (χ2n) is 17.2. The molecule has 302 valence electrons. The molecule has 0 aromatic heterocycles. The number of allylic oxidation sites excluding steroid dienone is 4. The van der Waals surface area contributed by atoms with Crippen molar-refractivity contribution in [3.8, 4) is 0 Å². The second kappa shape index (κ2) is 16.1. The molecule has 1 N–H and O–H groups in total. The van der Waals surface area contributed by atoms with Gasteiger partial charge >= 0.3 is 12.1 Å². The van der Waals surface area contributed by atoms with Gasteiger partial charge in [0.05, 0.1) is 48.7 Å². The second-order valence-corrected chi connectivity index (χ2v) is 19.1. The van der Waals surface area contributed by atoms with E-state index >= 15 is 0 Å². The van der Waals surface area contributed by atoms with Crippen LogP contribution in [-0.2, 0) is 56.6 Å². The number of esters is 1. The molecule has 3 aliphatic heterocycles. The van der Waals surface area contributed by atoms with Crippen LogP contribution in [0.1, 0.15) is 102 Å². The standard InChI is InChI=1S/C42H53N3O10S/c1-6-30-20-42(30,39(50)43-56(52,53)33-13-14-33)21-36(47)35-19-32-23-45(35)38(49)29(17-31(46)16-26(2)3)18-37(48)54-25-41(4,5)15-8-7-10-27-11-9-12-28-22-44(24-34(27)28)40(51)55-32/h6-7,9-12,16,29-30,32-33,35H,1,8,13-15,17-25H2,2-5H3,(H,43,50)/b10-7+/t29-,30-,32-,35+,42-/m1/s1. The van der Waals surface area contributed by atoms with E-state index in [4.69, 9.17) is 9.47 Å². The SMILES string of the molecule is C=C[C@@H]1C[C@]1(CC(=O)[C@@H]1C[C@@H]2CN1C(=O)[C@H](CC(=O)C=C(C)C)CC(=O)OCC(C)(C)CC/C=C/c1cccc3c1CN(C3)C(=O)O2)C(=O)NS(=O)(=O)C1CC1. The smallest absolute Gasteiger partial charge is 0.410 e. The Balaban J connectivity index is 1.30. The molecule has 5 aliphatic rings. The number of Topliss-reactive ketones (excluding diaryl/α,β-unsaturated/α-hetero) is 1. The number of amides is 3. The summed E-state index contributed by atoms with van der Waals surface area (Å²) in [6.45, 7) is 11.8. The highest BCUT2D eigenvalue weighted by atomic mass is 32.2. The first-order valence-electron chi connectivity index (χ1n) is 19.5. The summed E-state index contributed by atoms with van der Waals surface area (Å²) in [5.41, 5.74) is 1.89. The van der Waals surface area contributed by atoms with Crippen LogP contribution in [0.2, 0.25) is 0 Å². The van der Waals surface area contributed by atoms with Crippen molar-refractivity contribution in [1.82, 2.24) is 14.5 Å². The summed E-state index contributed by atoms with van der Waals surface area (Å²) < 4.78 is 39.4. The fraction of sp³-hybridized carbons (Fsp3) is 0.571. The molecule has 1 aromatic rings. The van der Waals surface area contributed by atoms with Crippen molar-refractivity contribution in [2.75, 3.05) is 13.2 Å². The number of rotatable bonds is 10. The third kappa shape index (κ3) is 9.33. The molecule has 4 bridgehead atoms. The van der Waals surface area contributed by atoms with Gasteiger partial charge in [0.25, 0.3) is 0 Å². The third-order valence-corrected chi connectivity index (χ3v) is 13.4. The van der Waals surface area contributed by atoms with Gasteiger partial charge in [-0.05, 0) is 80.1 Å². The van der Waals surface area contributed by atoms with E-state index in [0.717, 1.165) is 16.7 Å². The minimum atomic E-state index is -3.91. The molecule has 14 heteroatoms. The lowest BCUT2D eigenvalue weighted by Crippen LogP contribution is -2.47. The lowest BCUT2D eigenvalue weighted by molar-refractivity contribution is -0.152. The Morgan fingerprint density at radius 3 is 2.52 bits per heavy atom. The van der Waals surface area contributed by atoms with Gasteiger partial charge in [-0.15, -0.1) is 6.58 Å². The maximum Gasteiger partial charge on any atom is 0.410 e. The van der Waals surface area contributed by atoms with E-state index in [1.165, 1.54) is 17.1 Å². The Kier molecular flexibility index (Phi) is 11.8. The molecule has 56 heavy (non-hydrogen) atoms. The topological polar surface area (TPSA) is 174 Å².